The lowest BCUT2D eigenvalue weighted by Crippen LogP contribution is -2.41. The molecule has 0 amide bonds. The summed E-state index contributed by atoms with van der Waals surface area (Å²) in [5.74, 6) is -0.733. The highest BCUT2D eigenvalue weighted by atomic mass is 32.1. The standard InChI is InChI=1S/C10H14O6S/c1-10(2)15-7-5(11)6(14-8(7)16-10)4-3-12-9(17)13-4/h4-8,11H,3H2,1-2H3. The van der Waals surface area contributed by atoms with Crippen LogP contribution in [-0.2, 0) is 23.7 Å². The molecule has 0 radical (unpaired) electrons. The Bertz CT molecular complexity index is 346. The topological polar surface area (TPSA) is 66.4 Å². The predicted octanol–water partition coefficient (Wildman–Crippen LogP) is -0.0760. The van der Waals surface area contributed by atoms with Crippen LogP contribution in [0.5, 0.6) is 0 Å². The Hall–Kier alpha value is -0.470. The maximum Gasteiger partial charge on any atom is 0.352 e. The molecule has 7 heteroatoms. The van der Waals surface area contributed by atoms with Crippen molar-refractivity contribution in [3.63, 3.8) is 0 Å². The average Bonchev–Trinajstić information content (AvgIpc) is 2.83. The molecule has 3 aliphatic heterocycles. The van der Waals surface area contributed by atoms with Crippen molar-refractivity contribution in [3.05, 3.63) is 0 Å². The number of hydrogen-bond acceptors (Lipinski definition) is 7. The zero-order chi connectivity index (χ0) is 12.2. The van der Waals surface area contributed by atoms with Gasteiger partial charge in [-0.15, -0.1) is 0 Å². The molecule has 0 aromatic rings. The van der Waals surface area contributed by atoms with Crippen LogP contribution in [0.15, 0.2) is 0 Å². The molecule has 17 heavy (non-hydrogen) atoms. The lowest BCUT2D eigenvalue weighted by molar-refractivity contribution is -0.223. The van der Waals surface area contributed by atoms with Gasteiger partial charge in [0.2, 0.25) is 0 Å². The summed E-state index contributed by atoms with van der Waals surface area (Å²) < 4.78 is 27.0. The first-order valence-electron chi connectivity index (χ1n) is 5.49. The summed E-state index contributed by atoms with van der Waals surface area (Å²) in [5, 5.41) is 10.2. The Kier molecular flexibility index (Phi) is 2.57. The molecule has 3 rings (SSSR count). The van der Waals surface area contributed by atoms with Gasteiger partial charge in [0.15, 0.2) is 18.2 Å². The van der Waals surface area contributed by atoms with Crippen molar-refractivity contribution in [2.45, 2.75) is 50.3 Å². The molecule has 3 aliphatic rings. The molecule has 3 saturated heterocycles. The van der Waals surface area contributed by atoms with Crippen LogP contribution < -0.4 is 0 Å². The van der Waals surface area contributed by atoms with Gasteiger partial charge >= 0.3 is 5.24 Å². The molecule has 3 heterocycles. The van der Waals surface area contributed by atoms with E-state index in [2.05, 4.69) is 0 Å². The quantitative estimate of drug-likeness (QED) is 0.663. The van der Waals surface area contributed by atoms with Gasteiger partial charge in [-0.25, -0.2) is 0 Å². The van der Waals surface area contributed by atoms with E-state index in [1.54, 1.807) is 13.8 Å². The van der Waals surface area contributed by atoms with E-state index < -0.39 is 36.5 Å². The van der Waals surface area contributed by atoms with Gasteiger partial charge in [-0.3, -0.25) is 0 Å². The summed E-state index contributed by atoms with van der Waals surface area (Å²) in [6, 6.07) is 0. The summed E-state index contributed by atoms with van der Waals surface area (Å²) >= 11 is 4.76. The van der Waals surface area contributed by atoms with Crippen LogP contribution in [0.2, 0.25) is 0 Å². The van der Waals surface area contributed by atoms with Crippen molar-refractivity contribution in [2.24, 2.45) is 0 Å². The molecule has 96 valence electrons. The van der Waals surface area contributed by atoms with Gasteiger partial charge in [0.25, 0.3) is 0 Å². The Balaban J connectivity index is 1.70. The third-order valence-electron chi connectivity index (χ3n) is 3.03. The summed E-state index contributed by atoms with van der Waals surface area (Å²) in [6.07, 6.45) is -2.81. The first-order chi connectivity index (χ1) is 7.96. The Morgan fingerprint density at radius 1 is 1.29 bits per heavy atom. The molecule has 0 aliphatic carbocycles. The molecule has 5 atom stereocenters. The maximum atomic E-state index is 10.1. The third kappa shape index (κ3) is 1.92. The average molecular weight is 262 g/mol. The van der Waals surface area contributed by atoms with Gasteiger partial charge in [-0.05, 0) is 13.8 Å². The zero-order valence-electron chi connectivity index (χ0n) is 9.49. The lowest BCUT2D eigenvalue weighted by atomic mass is 10.1. The second kappa shape index (κ2) is 3.76. The SMILES string of the molecule is CC1(C)OC2OC(C3COC(=S)O3)C(O)C2O1. The summed E-state index contributed by atoms with van der Waals surface area (Å²) in [5.41, 5.74) is 0. The highest BCUT2D eigenvalue weighted by Gasteiger charge is 2.57. The lowest BCUT2D eigenvalue weighted by Gasteiger charge is -2.24. The Labute approximate surface area is 104 Å². The van der Waals surface area contributed by atoms with Crippen LogP contribution in [0.25, 0.3) is 0 Å². The fraction of sp³-hybridized carbons (Fsp3) is 0.900. The van der Waals surface area contributed by atoms with Gasteiger partial charge in [0.05, 0.1) is 0 Å². The van der Waals surface area contributed by atoms with Gasteiger partial charge in [-0.2, -0.15) is 0 Å². The third-order valence-corrected chi connectivity index (χ3v) is 3.25. The summed E-state index contributed by atoms with van der Waals surface area (Å²) in [7, 11) is 0. The number of rotatable bonds is 1. The van der Waals surface area contributed by atoms with Crippen LogP contribution in [0.3, 0.4) is 0 Å². The monoisotopic (exact) mass is 262 g/mol. The largest absolute Gasteiger partial charge is 0.453 e. The molecular weight excluding hydrogens is 248 g/mol. The zero-order valence-corrected chi connectivity index (χ0v) is 10.3. The molecule has 3 fully saturated rings. The Morgan fingerprint density at radius 3 is 2.65 bits per heavy atom. The van der Waals surface area contributed by atoms with E-state index in [4.69, 9.17) is 35.9 Å². The van der Waals surface area contributed by atoms with E-state index in [1.807, 2.05) is 0 Å². The van der Waals surface area contributed by atoms with Gasteiger partial charge in [0.1, 0.15) is 24.9 Å². The molecule has 0 bridgehead atoms. The minimum absolute atomic E-state index is 0.0880. The number of aliphatic hydroxyl groups is 1. The number of aliphatic hydroxyl groups excluding tert-OH is 1. The van der Waals surface area contributed by atoms with E-state index in [0.29, 0.717) is 0 Å². The number of thiocarbonyl (C=S) groups is 1. The fourth-order valence-electron chi connectivity index (χ4n) is 2.33. The van der Waals surface area contributed by atoms with Gasteiger partial charge < -0.3 is 28.8 Å². The molecule has 0 spiro atoms. The number of hydrogen-bond donors (Lipinski definition) is 1. The second-order valence-electron chi connectivity index (χ2n) is 4.78. The van der Waals surface area contributed by atoms with Crippen molar-refractivity contribution >= 4 is 17.5 Å². The van der Waals surface area contributed by atoms with Gasteiger partial charge in [-0.1, -0.05) is 0 Å². The summed E-state index contributed by atoms with van der Waals surface area (Å²) in [6.45, 7) is 3.84. The van der Waals surface area contributed by atoms with Crippen LogP contribution in [0.4, 0.5) is 0 Å². The van der Waals surface area contributed by atoms with E-state index in [1.165, 1.54) is 0 Å². The predicted molar refractivity (Wildman–Crippen MR) is 58.1 cm³/mol. The van der Waals surface area contributed by atoms with E-state index in [-0.39, 0.29) is 11.8 Å². The number of ether oxygens (including phenoxy) is 5. The normalized spacial score (nSPS) is 47.7. The van der Waals surface area contributed by atoms with Crippen molar-refractivity contribution in [2.75, 3.05) is 6.61 Å². The fourth-order valence-corrected chi connectivity index (χ4v) is 2.52. The highest BCUT2D eigenvalue weighted by molar-refractivity contribution is 7.79. The molecule has 1 N–H and O–H groups in total. The molecule has 0 aromatic heterocycles. The molecule has 0 aromatic carbocycles. The number of fused-ring (bicyclic) bond motifs is 1. The van der Waals surface area contributed by atoms with E-state index >= 15 is 0 Å². The second-order valence-corrected chi connectivity index (χ2v) is 5.11. The van der Waals surface area contributed by atoms with Crippen LogP contribution in [0.1, 0.15) is 13.8 Å². The smallest absolute Gasteiger partial charge is 0.352 e. The van der Waals surface area contributed by atoms with Crippen molar-refractivity contribution in [1.82, 2.24) is 0 Å². The minimum Gasteiger partial charge on any atom is -0.453 e. The Morgan fingerprint density at radius 2 is 2.06 bits per heavy atom. The molecule has 0 saturated carbocycles. The van der Waals surface area contributed by atoms with Crippen LogP contribution >= 0.6 is 12.2 Å². The first kappa shape index (κ1) is 11.6. The summed E-state index contributed by atoms with van der Waals surface area (Å²) in [4.78, 5) is 0. The van der Waals surface area contributed by atoms with Gasteiger partial charge in [0, 0.05) is 12.2 Å². The minimum atomic E-state index is -0.809. The molecular formula is C10H14O6S. The molecule has 5 unspecified atom stereocenters. The van der Waals surface area contributed by atoms with Crippen molar-refractivity contribution < 1.29 is 28.8 Å². The van der Waals surface area contributed by atoms with Crippen LogP contribution in [0, 0.1) is 0 Å². The maximum absolute atomic E-state index is 10.1. The van der Waals surface area contributed by atoms with Crippen molar-refractivity contribution in [1.29, 1.82) is 0 Å². The van der Waals surface area contributed by atoms with Crippen molar-refractivity contribution in [3.8, 4) is 0 Å². The first-order valence-corrected chi connectivity index (χ1v) is 5.90. The molecule has 6 nitrogen and oxygen atoms in total. The van der Waals surface area contributed by atoms with E-state index in [0.717, 1.165) is 0 Å². The highest BCUT2D eigenvalue weighted by Crippen LogP contribution is 2.39. The van der Waals surface area contributed by atoms with E-state index in [9.17, 15) is 5.11 Å². The van der Waals surface area contributed by atoms with Crippen LogP contribution in [-0.4, -0.2) is 53.4 Å².